The van der Waals surface area contributed by atoms with Gasteiger partial charge in [0, 0.05) is 10.9 Å². The minimum Gasteiger partial charge on any atom is -0.508 e. The Morgan fingerprint density at radius 2 is 2.06 bits per heavy atom. The SMILES string of the molecule is Cc1ccc2[nH]c3c(c2c1)C(=O)CC(O)=C3O. The van der Waals surface area contributed by atoms with Gasteiger partial charge >= 0.3 is 0 Å². The Hall–Kier alpha value is -2.23. The molecule has 0 radical (unpaired) electrons. The number of hydrogen-bond acceptors (Lipinski definition) is 3. The van der Waals surface area contributed by atoms with Crippen molar-refractivity contribution in [3.05, 3.63) is 40.8 Å². The molecule has 17 heavy (non-hydrogen) atoms. The summed E-state index contributed by atoms with van der Waals surface area (Å²) in [4.78, 5) is 14.9. The van der Waals surface area contributed by atoms with Crippen LogP contribution in [0.1, 0.15) is 28.0 Å². The third kappa shape index (κ3) is 1.27. The lowest BCUT2D eigenvalue weighted by Crippen LogP contribution is -2.11. The number of nitrogens with one attached hydrogen (secondary N) is 1. The van der Waals surface area contributed by atoms with Gasteiger partial charge in [0.25, 0.3) is 0 Å². The second-order valence-electron chi connectivity index (χ2n) is 4.32. The summed E-state index contributed by atoms with van der Waals surface area (Å²) >= 11 is 0. The molecule has 2 aromatic rings. The van der Waals surface area contributed by atoms with Crippen molar-refractivity contribution in [2.24, 2.45) is 0 Å². The Kier molecular flexibility index (Phi) is 1.84. The van der Waals surface area contributed by atoms with Crippen LogP contribution < -0.4 is 0 Å². The number of aliphatic hydroxyl groups excluding tert-OH is 2. The first-order valence-corrected chi connectivity index (χ1v) is 5.35. The first-order valence-electron chi connectivity index (χ1n) is 5.35. The van der Waals surface area contributed by atoms with E-state index in [4.69, 9.17) is 0 Å². The molecule has 3 rings (SSSR count). The van der Waals surface area contributed by atoms with E-state index < -0.39 is 0 Å². The van der Waals surface area contributed by atoms with Crippen LogP contribution >= 0.6 is 0 Å². The summed E-state index contributed by atoms with van der Waals surface area (Å²) in [6, 6.07) is 5.69. The third-order valence-corrected chi connectivity index (χ3v) is 3.07. The molecule has 0 fully saturated rings. The number of H-pyrrole nitrogens is 1. The average molecular weight is 229 g/mol. The smallest absolute Gasteiger partial charge is 0.178 e. The molecule has 1 aliphatic carbocycles. The molecule has 0 atom stereocenters. The zero-order valence-corrected chi connectivity index (χ0v) is 9.24. The van der Waals surface area contributed by atoms with Crippen LogP contribution in [0.15, 0.2) is 24.0 Å². The topological polar surface area (TPSA) is 73.3 Å². The predicted molar refractivity (Wildman–Crippen MR) is 64.2 cm³/mol. The second kappa shape index (κ2) is 3.13. The molecule has 4 nitrogen and oxygen atoms in total. The van der Waals surface area contributed by atoms with Crippen molar-refractivity contribution < 1.29 is 15.0 Å². The Bertz CT molecular complexity index is 679. The van der Waals surface area contributed by atoms with Gasteiger partial charge in [-0.15, -0.1) is 0 Å². The van der Waals surface area contributed by atoms with Gasteiger partial charge in [0.2, 0.25) is 0 Å². The minimum absolute atomic E-state index is 0.139. The van der Waals surface area contributed by atoms with Gasteiger partial charge in [-0.25, -0.2) is 0 Å². The molecule has 1 aromatic carbocycles. The molecule has 0 saturated carbocycles. The van der Waals surface area contributed by atoms with Crippen molar-refractivity contribution in [1.82, 2.24) is 4.98 Å². The number of aromatic nitrogens is 1. The molecule has 1 heterocycles. The maximum atomic E-state index is 11.9. The van der Waals surface area contributed by atoms with Crippen LogP contribution in [-0.4, -0.2) is 21.0 Å². The number of aromatic amines is 1. The number of rotatable bonds is 0. The number of hydrogen-bond donors (Lipinski definition) is 3. The van der Waals surface area contributed by atoms with Gasteiger partial charge in [0.05, 0.1) is 17.7 Å². The first-order chi connectivity index (χ1) is 8.08. The molecule has 0 spiro atoms. The molecule has 1 aliphatic rings. The van der Waals surface area contributed by atoms with Crippen molar-refractivity contribution in [2.45, 2.75) is 13.3 Å². The summed E-state index contributed by atoms with van der Waals surface area (Å²) in [7, 11) is 0. The van der Waals surface area contributed by atoms with E-state index in [0.717, 1.165) is 16.5 Å². The van der Waals surface area contributed by atoms with Crippen LogP contribution in [0.5, 0.6) is 0 Å². The van der Waals surface area contributed by atoms with Crippen molar-refractivity contribution in [1.29, 1.82) is 0 Å². The highest BCUT2D eigenvalue weighted by molar-refractivity contribution is 6.14. The summed E-state index contributed by atoms with van der Waals surface area (Å²) < 4.78 is 0. The van der Waals surface area contributed by atoms with Gasteiger partial charge < -0.3 is 15.2 Å². The number of ketones is 1. The van der Waals surface area contributed by atoms with Gasteiger partial charge in [-0.05, 0) is 19.1 Å². The van der Waals surface area contributed by atoms with E-state index in [9.17, 15) is 15.0 Å². The maximum Gasteiger partial charge on any atom is 0.178 e. The van der Waals surface area contributed by atoms with Gasteiger partial charge in [0.1, 0.15) is 5.76 Å². The Balaban J connectivity index is 2.43. The monoisotopic (exact) mass is 229 g/mol. The summed E-state index contributed by atoms with van der Waals surface area (Å²) in [5.41, 5.74) is 2.62. The molecule has 1 aromatic heterocycles. The van der Waals surface area contributed by atoms with E-state index in [1.165, 1.54) is 0 Å². The van der Waals surface area contributed by atoms with Gasteiger partial charge in [0.15, 0.2) is 11.5 Å². The highest BCUT2D eigenvalue weighted by Crippen LogP contribution is 2.33. The summed E-state index contributed by atoms with van der Waals surface area (Å²) in [6.07, 6.45) is -0.139. The van der Waals surface area contributed by atoms with E-state index in [1.54, 1.807) is 0 Å². The molecule has 0 amide bonds. The quantitative estimate of drug-likeness (QED) is 0.650. The Morgan fingerprint density at radius 1 is 1.29 bits per heavy atom. The fourth-order valence-electron chi connectivity index (χ4n) is 2.24. The number of carbonyl (C=O) groups excluding carboxylic acids is 1. The molecule has 0 aliphatic heterocycles. The molecule has 0 bridgehead atoms. The van der Waals surface area contributed by atoms with Gasteiger partial charge in [-0.3, -0.25) is 4.79 Å². The lowest BCUT2D eigenvalue weighted by molar-refractivity contribution is 0.0976. The Morgan fingerprint density at radius 3 is 2.82 bits per heavy atom. The normalized spacial score (nSPS) is 15.5. The van der Waals surface area contributed by atoms with E-state index in [2.05, 4.69) is 4.98 Å². The van der Waals surface area contributed by atoms with E-state index >= 15 is 0 Å². The van der Waals surface area contributed by atoms with Gasteiger partial charge in [-0.1, -0.05) is 11.6 Å². The summed E-state index contributed by atoms with van der Waals surface area (Å²) in [5, 5.41) is 20.0. The number of allylic oxidation sites excluding steroid dienone is 1. The van der Waals surface area contributed by atoms with E-state index in [-0.39, 0.29) is 23.7 Å². The van der Waals surface area contributed by atoms with Crippen LogP contribution in [0.25, 0.3) is 16.7 Å². The number of Topliss-reactive ketones (excluding diaryl/α,β-unsaturated/α-hetero) is 1. The number of benzene rings is 1. The van der Waals surface area contributed by atoms with Crippen molar-refractivity contribution in [3.8, 4) is 0 Å². The Labute approximate surface area is 97.2 Å². The number of aliphatic hydroxyl groups is 2. The lowest BCUT2D eigenvalue weighted by Gasteiger charge is -2.11. The third-order valence-electron chi connectivity index (χ3n) is 3.07. The zero-order chi connectivity index (χ0) is 12.2. The summed E-state index contributed by atoms with van der Waals surface area (Å²) in [5.74, 6) is -0.675. The van der Waals surface area contributed by atoms with E-state index in [0.29, 0.717) is 11.3 Å². The van der Waals surface area contributed by atoms with E-state index in [1.807, 2.05) is 25.1 Å². The molecule has 4 heteroatoms. The van der Waals surface area contributed by atoms with Crippen LogP contribution in [0.2, 0.25) is 0 Å². The van der Waals surface area contributed by atoms with Crippen molar-refractivity contribution in [2.75, 3.05) is 0 Å². The molecular weight excluding hydrogens is 218 g/mol. The zero-order valence-electron chi connectivity index (χ0n) is 9.24. The molecular formula is C13H11NO3. The average Bonchev–Trinajstić information content (AvgIpc) is 2.65. The van der Waals surface area contributed by atoms with Gasteiger partial charge in [-0.2, -0.15) is 0 Å². The highest BCUT2D eigenvalue weighted by atomic mass is 16.3. The highest BCUT2D eigenvalue weighted by Gasteiger charge is 2.28. The number of carbonyl (C=O) groups is 1. The molecule has 3 N–H and O–H groups in total. The molecule has 0 unspecified atom stereocenters. The lowest BCUT2D eigenvalue weighted by atomic mass is 9.96. The standard InChI is InChI=1S/C13H11NO3/c1-6-2-3-8-7(4-6)11-9(15)5-10(16)13(17)12(11)14-8/h2-4,14,16-17H,5H2,1H3. The minimum atomic E-state index is -0.272. The summed E-state index contributed by atoms with van der Waals surface area (Å²) in [6.45, 7) is 1.94. The van der Waals surface area contributed by atoms with Crippen molar-refractivity contribution >= 4 is 22.4 Å². The fourth-order valence-corrected chi connectivity index (χ4v) is 2.24. The van der Waals surface area contributed by atoms with Crippen LogP contribution in [-0.2, 0) is 0 Å². The largest absolute Gasteiger partial charge is 0.508 e. The number of aryl methyl sites for hydroxylation is 1. The molecule has 0 saturated heterocycles. The fraction of sp³-hybridized carbons (Fsp3) is 0.154. The van der Waals surface area contributed by atoms with Crippen LogP contribution in [0, 0.1) is 6.92 Å². The maximum absolute atomic E-state index is 11.9. The number of fused-ring (bicyclic) bond motifs is 3. The molecule has 86 valence electrons. The predicted octanol–water partition coefficient (Wildman–Crippen LogP) is 2.85. The van der Waals surface area contributed by atoms with Crippen LogP contribution in [0.4, 0.5) is 0 Å². The first kappa shape index (κ1) is 9.96. The van der Waals surface area contributed by atoms with Crippen molar-refractivity contribution in [3.63, 3.8) is 0 Å². The van der Waals surface area contributed by atoms with Crippen LogP contribution in [0.3, 0.4) is 0 Å². The second-order valence-corrected chi connectivity index (χ2v) is 4.32.